The van der Waals surface area contributed by atoms with E-state index in [1.807, 2.05) is 6.07 Å². The lowest BCUT2D eigenvalue weighted by molar-refractivity contribution is 0.0992. The van der Waals surface area contributed by atoms with Crippen LogP contribution >= 0.6 is 0 Å². The van der Waals surface area contributed by atoms with E-state index >= 15 is 0 Å². The first-order valence-corrected chi connectivity index (χ1v) is 12.2. The normalized spacial score (nSPS) is 15.4. The molecule has 8 nitrogen and oxygen atoms in total. The van der Waals surface area contributed by atoms with Crippen molar-refractivity contribution >= 4 is 26.7 Å². The van der Waals surface area contributed by atoms with E-state index < -0.39 is 22.2 Å². The number of hydrogen-bond acceptors (Lipinski definition) is 7. The Bertz CT molecular complexity index is 1290. The molecule has 172 valence electrons. The van der Waals surface area contributed by atoms with E-state index in [0.717, 1.165) is 36.7 Å². The van der Waals surface area contributed by atoms with Crippen molar-refractivity contribution in [3.05, 3.63) is 60.3 Å². The monoisotopic (exact) mass is 466 g/mol. The summed E-state index contributed by atoms with van der Waals surface area (Å²) in [4.78, 5) is 17.3. The summed E-state index contributed by atoms with van der Waals surface area (Å²) in [5, 5.41) is 9.58. The summed E-state index contributed by atoms with van der Waals surface area (Å²) in [6.07, 6.45) is -0.408. The molecular weight excluding hydrogens is 440 g/mol. The average molecular weight is 467 g/mol. The van der Waals surface area contributed by atoms with Crippen LogP contribution in [0.1, 0.15) is 16.9 Å². The molecule has 1 aliphatic rings. The van der Waals surface area contributed by atoms with Crippen LogP contribution in [-0.4, -0.2) is 74.4 Å². The number of nitrogens with zero attached hydrogens (tertiary/aromatic N) is 4. The highest BCUT2D eigenvalue weighted by molar-refractivity contribution is 7.90. The number of rotatable bonds is 8. The first-order valence-electron chi connectivity index (χ1n) is 10.8. The van der Waals surface area contributed by atoms with Crippen LogP contribution in [0.4, 0.5) is 0 Å². The number of piperazine rings is 1. The van der Waals surface area contributed by atoms with E-state index in [0.29, 0.717) is 23.3 Å². The van der Waals surface area contributed by atoms with Crippen LogP contribution in [0.2, 0.25) is 0 Å². The smallest absolute Gasteiger partial charge is 0.268 e. The minimum atomic E-state index is -4.06. The van der Waals surface area contributed by atoms with Crippen molar-refractivity contribution in [2.24, 2.45) is 0 Å². The molecule has 4 rings (SSSR count). The van der Waals surface area contributed by atoms with Crippen LogP contribution in [0.3, 0.4) is 0 Å². The van der Waals surface area contributed by atoms with Gasteiger partial charge in [-0.2, -0.15) is 5.26 Å². The summed E-state index contributed by atoms with van der Waals surface area (Å²) in [5.74, 6) is -0.0238. The van der Waals surface area contributed by atoms with Gasteiger partial charge in [-0.3, -0.25) is 9.69 Å². The molecule has 0 unspecified atom stereocenters. The van der Waals surface area contributed by atoms with E-state index in [-0.39, 0.29) is 10.6 Å². The number of hydrogen-bond donors (Lipinski definition) is 0. The third kappa shape index (κ3) is 4.93. The summed E-state index contributed by atoms with van der Waals surface area (Å²) >= 11 is 0. The van der Waals surface area contributed by atoms with Crippen molar-refractivity contribution < 1.29 is 17.9 Å². The largest absolute Gasteiger partial charge is 0.492 e. The molecule has 0 N–H and O–H groups in total. The molecule has 0 bridgehead atoms. The number of ether oxygens (including phenoxy) is 1. The highest BCUT2D eigenvalue weighted by Crippen LogP contribution is 2.29. The topological polar surface area (TPSA) is 95.6 Å². The van der Waals surface area contributed by atoms with Crippen molar-refractivity contribution in [1.82, 2.24) is 13.8 Å². The highest BCUT2D eigenvalue weighted by atomic mass is 32.2. The van der Waals surface area contributed by atoms with Crippen LogP contribution in [-0.2, 0) is 10.0 Å². The Kier molecular flexibility index (Phi) is 6.79. The van der Waals surface area contributed by atoms with Crippen LogP contribution in [0.15, 0.2) is 59.5 Å². The Morgan fingerprint density at radius 1 is 1.06 bits per heavy atom. The predicted octanol–water partition coefficient (Wildman–Crippen LogP) is 2.60. The fraction of sp³-hybridized carbons (Fsp3) is 0.333. The van der Waals surface area contributed by atoms with Crippen molar-refractivity contribution in [2.75, 3.05) is 46.4 Å². The molecule has 0 aliphatic carbocycles. The first kappa shape index (κ1) is 23.0. The van der Waals surface area contributed by atoms with Crippen LogP contribution in [0, 0.1) is 11.3 Å². The molecular formula is C24H26N4O4S. The molecule has 3 aromatic rings. The quantitative estimate of drug-likeness (QED) is 0.471. The molecule has 0 saturated carbocycles. The third-order valence-corrected chi connectivity index (χ3v) is 7.55. The van der Waals surface area contributed by atoms with Gasteiger partial charge in [0.15, 0.2) is 5.78 Å². The fourth-order valence-corrected chi connectivity index (χ4v) is 5.47. The SMILES string of the molecule is CN1CCN(CCOc2ccc3cc(C(=O)CC#N)n(S(=O)(=O)c4ccccc4)c3c2)CC1. The molecule has 2 heterocycles. The van der Waals surface area contributed by atoms with E-state index in [9.17, 15) is 13.2 Å². The molecule has 0 radical (unpaired) electrons. The zero-order valence-corrected chi connectivity index (χ0v) is 19.3. The maximum absolute atomic E-state index is 13.5. The lowest BCUT2D eigenvalue weighted by atomic mass is 10.2. The van der Waals surface area contributed by atoms with Gasteiger partial charge in [-0.25, -0.2) is 12.4 Å². The third-order valence-electron chi connectivity index (χ3n) is 5.81. The number of carbonyl (C=O) groups is 1. The molecule has 0 spiro atoms. The number of aromatic nitrogens is 1. The molecule has 33 heavy (non-hydrogen) atoms. The Morgan fingerprint density at radius 3 is 2.48 bits per heavy atom. The van der Waals surface area contributed by atoms with Gasteiger partial charge < -0.3 is 9.64 Å². The van der Waals surface area contributed by atoms with Gasteiger partial charge in [-0.1, -0.05) is 18.2 Å². The Morgan fingerprint density at radius 2 is 1.79 bits per heavy atom. The van der Waals surface area contributed by atoms with E-state index in [1.165, 1.54) is 18.2 Å². The lowest BCUT2D eigenvalue weighted by Crippen LogP contribution is -2.45. The Balaban J connectivity index is 1.66. The fourth-order valence-electron chi connectivity index (χ4n) is 3.92. The summed E-state index contributed by atoms with van der Waals surface area (Å²) in [7, 11) is -1.95. The van der Waals surface area contributed by atoms with Gasteiger partial charge in [0.25, 0.3) is 10.0 Å². The first-order chi connectivity index (χ1) is 15.9. The van der Waals surface area contributed by atoms with Gasteiger partial charge in [0.05, 0.1) is 16.5 Å². The van der Waals surface area contributed by atoms with Gasteiger partial charge in [-0.05, 0) is 37.4 Å². The van der Waals surface area contributed by atoms with E-state index in [1.54, 1.807) is 36.4 Å². The number of fused-ring (bicyclic) bond motifs is 1. The van der Waals surface area contributed by atoms with Gasteiger partial charge in [-0.15, -0.1) is 0 Å². The Labute approximate surface area is 193 Å². The molecule has 1 aromatic heterocycles. The molecule has 9 heteroatoms. The van der Waals surface area contributed by atoms with E-state index in [2.05, 4.69) is 16.8 Å². The summed E-state index contributed by atoms with van der Waals surface area (Å²) in [6.45, 7) is 5.28. The second-order valence-corrected chi connectivity index (χ2v) is 9.87. The minimum Gasteiger partial charge on any atom is -0.492 e. The maximum Gasteiger partial charge on any atom is 0.268 e. The molecule has 1 aliphatic heterocycles. The van der Waals surface area contributed by atoms with Crippen LogP contribution in [0.25, 0.3) is 10.9 Å². The zero-order valence-electron chi connectivity index (χ0n) is 18.5. The number of likely N-dealkylation sites (N-methyl/N-ethyl adjacent to an activating group) is 1. The number of Topliss-reactive ketones (excluding diaryl/α,β-unsaturated/α-hetero) is 1. The molecule has 0 amide bonds. The van der Waals surface area contributed by atoms with Crippen molar-refractivity contribution in [1.29, 1.82) is 5.26 Å². The average Bonchev–Trinajstić information content (AvgIpc) is 3.21. The van der Waals surface area contributed by atoms with Crippen LogP contribution in [0.5, 0.6) is 5.75 Å². The van der Waals surface area contributed by atoms with Crippen molar-refractivity contribution in [2.45, 2.75) is 11.3 Å². The standard InChI is InChI=1S/C24H26N4O4S/c1-26-11-13-27(14-12-26)15-16-32-20-8-7-19-17-23(24(29)9-10-25)28(22(19)18-20)33(30,31)21-5-3-2-4-6-21/h2-8,17-18H,9,11-16H2,1H3. The summed E-state index contributed by atoms with van der Waals surface area (Å²) in [6, 6.07) is 16.4. The van der Waals surface area contributed by atoms with Crippen LogP contribution < -0.4 is 4.74 Å². The second-order valence-electron chi connectivity index (χ2n) is 8.08. The minimum absolute atomic E-state index is 0.0370. The Hall–Kier alpha value is -3.19. The van der Waals surface area contributed by atoms with Gasteiger partial charge >= 0.3 is 0 Å². The highest BCUT2D eigenvalue weighted by Gasteiger charge is 2.26. The summed E-state index contributed by atoms with van der Waals surface area (Å²) < 4.78 is 33.9. The second kappa shape index (κ2) is 9.75. The maximum atomic E-state index is 13.5. The predicted molar refractivity (Wildman–Crippen MR) is 125 cm³/mol. The van der Waals surface area contributed by atoms with Gasteiger partial charge in [0.2, 0.25) is 0 Å². The molecule has 2 aromatic carbocycles. The summed E-state index contributed by atoms with van der Waals surface area (Å²) in [5.41, 5.74) is 0.308. The number of ketones is 1. The molecule has 0 atom stereocenters. The van der Waals surface area contributed by atoms with Crippen molar-refractivity contribution in [3.8, 4) is 11.8 Å². The number of nitriles is 1. The molecule has 1 saturated heterocycles. The number of carbonyl (C=O) groups excluding carboxylic acids is 1. The van der Waals surface area contributed by atoms with E-state index in [4.69, 9.17) is 10.00 Å². The zero-order chi connectivity index (χ0) is 23.4. The van der Waals surface area contributed by atoms with Crippen molar-refractivity contribution in [3.63, 3.8) is 0 Å². The van der Waals surface area contributed by atoms with Gasteiger partial charge in [0.1, 0.15) is 24.5 Å². The lowest BCUT2D eigenvalue weighted by Gasteiger charge is -2.32. The van der Waals surface area contributed by atoms with Gasteiger partial charge in [0, 0.05) is 44.2 Å². The molecule has 1 fully saturated rings. The number of benzene rings is 2.